The largest absolute Gasteiger partial charge is 0.401 e. The Morgan fingerprint density at radius 1 is 1.29 bits per heavy atom. The van der Waals surface area contributed by atoms with Crippen molar-refractivity contribution in [2.45, 2.75) is 38.9 Å². The van der Waals surface area contributed by atoms with Crippen LogP contribution in [0.4, 0.5) is 13.2 Å². The van der Waals surface area contributed by atoms with Gasteiger partial charge in [0.15, 0.2) is 0 Å². The van der Waals surface area contributed by atoms with Gasteiger partial charge in [-0.25, -0.2) is 0 Å². The monoisotopic (exact) mass is 355 g/mol. The zero-order valence-corrected chi connectivity index (χ0v) is 14.2. The van der Waals surface area contributed by atoms with Crippen molar-refractivity contribution in [2.24, 2.45) is 11.7 Å². The molecule has 0 aliphatic rings. The van der Waals surface area contributed by atoms with Crippen LogP contribution in [0.5, 0.6) is 0 Å². The Bertz CT molecular complexity index is 279. The number of nitrogens with one attached hydrogen (secondary N) is 1. The lowest BCUT2D eigenvalue weighted by molar-refractivity contribution is -0.143. The first-order chi connectivity index (χ1) is 8.61. The topological polar surface area (TPSA) is 58.4 Å². The van der Waals surface area contributed by atoms with E-state index in [1.165, 1.54) is 11.9 Å². The summed E-state index contributed by atoms with van der Waals surface area (Å²) in [6.45, 7) is 3.62. The Kier molecular flexibility index (Phi) is 15.1. The van der Waals surface area contributed by atoms with Crippen molar-refractivity contribution in [1.29, 1.82) is 0 Å². The van der Waals surface area contributed by atoms with Crippen molar-refractivity contribution in [3.8, 4) is 0 Å². The second-order valence-electron chi connectivity index (χ2n) is 5.23. The average molecular weight is 356 g/mol. The van der Waals surface area contributed by atoms with Crippen molar-refractivity contribution in [3.05, 3.63) is 0 Å². The van der Waals surface area contributed by atoms with Crippen LogP contribution in [0.25, 0.3) is 0 Å². The fraction of sp³-hybridized carbons (Fsp3) is 0.917. The minimum atomic E-state index is -4.18. The van der Waals surface area contributed by atoms with Gasteiger partial charge in [0.2, 0.25) is 5.91 Å². The number of alkyl halides is 3. The molecule has 0 spiro atoms. The fourth-order valence-corrected chi connectivity index (χ4v) is 1.69. The van der Waals surface area contributed by atoms with Gasteiger partial charge < -0.3 is 11.1 Å². The van der Waals surface area contributed by atoms with Crippen LogP contribution >= 0.6 is 24.8 Å². The average Bonchev–Trinajstić information content (AvgIpc) is 2.20. The minimum absolute atomic E-state index is 0. The molecular weight excluding hydrogens is 330 g/mol. The van der Waals surface area contributed by atoms with Crippen LogP contribution in [0.1, 0.15) is 26.7 Å². The van der Waals surface area contributed by atoms with E-state index in [0.717, 1.165) is 0 Å². The normalized spacial score (nSPS) is 12.6. The van der Waals surface area contributed by atoms with E-state index in [1.807, 2.05) is 13.8 Å². The zero-order valence-electron chi connectivity index (χ0n) is 12.6. The third-order valence-corrected chi connectivity index (χ3v) is 2.53. The maximum atomic E-state index is 12.0. The summed E-state index contributed by atoms with van der Waals surface area (Å²) in [5, 5.41) is 2.63. The lowest BCUT2D eigenvalue weighted by atomic mass is 10.0. The highest BCUT2D eigenvalue weighted by Gasteiger charge is 2.28. The maximum absolute atomic E-state index is 12.0. The molecule has 4 nitrogen and oxygen atoms in total. The van der Waals surface area contributed by atoms with Crippen molar-refractivity contribution in [2.75, 3.05) is 26.7 Å². The summed E-state index contributed by atoms with van der Waals surface area (Å²) in [6.07, 6.45) is -3.12. The molecule has 9 heteroatoms. The van der Waals surface area contributed by atoms with E-state index in [1.54, 1.807) is 0 Å². The van der Waals surface area contributed by atoms with Crippen LogP contribution in [0, 0.1) is 5.92 Å². The van der Waals surface area contributed by atoms with E-state index >= 15 is 0 Å². The van der Waals surface area contributed by atoms with Gasteiger partial charge in [-0.2, -0.15) is 13.2 Å². The highest BCUT2D eigenvalue weighted by atomic mass is 35.5. The summed E-state index contributed by atoms with van der Waals surface area (Å²) in [5.74, 6) is 0.0887. The summed E-state index contributed by atoms with van der Waals surface area (Å²) in [7, 11) is 1.40. The Hall–Kier alpha value is -0.240. The highest BCUT2D eigenvalue weighted by Crippen LogP contribution is 2.15. The number of rotatable bonds is 8. The van der Waals surface area contributed by atoms with E-state index in [9.17, 15) is 18.0 Å². The number of nitrogens with two attached hydrogens (primary N) is 1. The SMILES string of the molecule is CC(C)C[C@H](N)C(=O)NCCCN(C)CC(F)(F)F.Cl.Cl. The summed E-state index contributed by atoms with van der Waals surface area (Å²) in [6, 6.07) is -0.548. The second kappa shape index (κ2) is 12.3. The number of hydrogen-bond acceptors (Lipinski definition) is 3. The van der Waals surface area contributed by atoms with Crippen molar-refractivity contribution in [3.63, 3.8) is 0 Å². The quantitative estimate of drug-likeness (QED) is 0.656. The molecule has 0 heterocycles. The third-order valence-electron chi connectivity index (χ3n) is 2.53. The Morgan fingerprint density at radius 3 is 2.24 bits per heavy atom. The first-order valence-corrected chi connectivity index (χ1v) is 6.40. The molecule has 1 atom stereocenters. The molecular formula is C12H26Cl2F3N3O. The van der Waals surface area contributed by atoms with E-state index in [4.69, 9.17) is 5.73 Å². The number of amides is 1. The van der Waals surface area contributed by atoms with Gasteiger partial charge in [-0.3, -0.25) is 9.69 Å². The molecule has 21 heavy (non-hydrogen) atoms. The summed E-state index contributed by atoms with van der Waals surface area (Å²) in [5.41, 5.74) is 5.67. The van der Waals surface area contributed by atoms with E-state index < -0.39 is 18.8 Å². The molecule has 0 aromatic carbocycles. The van der Waals surface area contributed by atoms with Gasteiger partial charge in [0.25, 0.3) is 0 Å². The molecule has 0 bridgehead atoms. The molecule has 0 aromatic heterocycles. The molecule has 0 aliphatic heterocycles. The number of nitrogens with zero attached hydrogens (tertiary/aromatic N) is 1. The van der Waals surface area contributed by atoms with Gasteiger partial charge in [0.05, 0.1) is 12.6 Å². The van der Waals surface area contributed by atoms with Gasteiger partial charge in [0.1, 0.15) is 0 Å². The van der Waals surface area contributed by atoms with Crippen LogP contribution in [0.3, 0.4) is 0 Å². The zero-order chi connectivity index (χ0) is 15.1. The molecule has 0 saturated heterocycles. The highest BCUT2D eigenvalue weighted by molar-refractivity contribution is 5.85. The minimum Gasteiger partial charge on any atom is -0.355 e. The molecule has 0 aliphatic carbocycles. The molecule has 1 amide bonds. The van der Waals surface area contributed by atoms with Crippen LogP contribution in [0.15, 0.2) is 0 Å². The van der Waals surface area contributed by atoms with Crippen molar-refractivity contribution in [1.82, 2.24) is 10.2 Å². The lowest BCUT2D eigenvalue weighted by Crippen LogP contribution is -2.42. The molecule has 130 valence electrons. The predicted molar refractivity (Wildman–Crippen MR) is 83.1 cm³/mol. The van der Waals surface area contributed by atoms with Gasteiger partial charge in [-0.1, -0.05) is 13.8 Å². The van der Waals surface area contributed by atoms with Gasteiger partial charge >= 0.3 is 6.18 Å². The Morgan fingerprint density at radius 2 is 1.81 bits per heavy atom. The summed E-state index contributed by atoms with van der Waals surface area (Å²) < 4.78 is 36.1. The van der Waals surface area contributed by atoms with E-state index in [-0.39, 0.29) is 37.3 Å². The summed E-state index contributed by atoms with van der Waals surface area (Å²) in [4.78, 5) is 12.7. The summed E-state index contributed by atoms with van der Waals surface area (Å²) >= 11 is 0. The number of carbonyl (C=O) groups excluding carboxylic acids is 1. The van der Waals surface area contributed by atoms with Gasteiger partial charge in [-0.15, -0.1) is 24.8 Å². The molecule has 0 radical (unpaired) electrons. The van der Waals surface area contributed by atoms with Crippen LogP contribution in [0.2, 0.25) is 0 Å². The molecule has 3 N–H and O–H groups in total. The van der Waals surface area contributed by atoms with Gasteiger partial charge in [0, 0.05) is 6.54 Å². The van der Waals surface area contributed by atoms with Crippen molar-refractivity contribution >= 4 is 30.7 Å². The van der Waals surface area contributed by atoms with Crippen LogP contribution < -0.4 is 11.1 Å². The number of halogens is 5. The van der Waals surface area contributed by atoms with Crippen LogP contribution in [-0.4, -0.2) is 49.7 Å². The van der Waals surface area contributed by atoms with E-state index in [2.05, 4.69) is 5.32 Å². The number of carbonyl (C=O) groups is 1. The smallest absolute Gasteiger partial charge is 0.355 e. The Labute approximate surface area is 136 Å². The standard InChI is InChI=1S/C12H24F3N3O.2ClH/c1-9(2)7-10(16)11(19)17-5-4-6-18(3)8-12(13,14)15;;/h9-10H,4-8,16H2,1-3H3,(H,17,19);2*1H/t10-;;/m0../s1. The molecule has 0 rings (SSSR count). The van der Waals surface area contributed by atoms with Crippen molar-refractivity contribution < 1.29 is 18.0 Å². The molecule has 0 aromatic rings. The fourth-order valence-electron chi connectivity index (χ4n) is 1.69. The third kappa shape index (κ3) is 16.0. The van der Waals surface area contributed by atoms with Gasteiger partial charge in [-0.05, 0) is 32.4 Å². The lowest BCUT2D eigenvalue weighted by Gasteiger charge is -2.19. The van der Waals surface area contributed by atoms with Crippen LogP contribution in [-0.2, 0) is 4.79 Å². The number of hydrogen-bond donors (Lipinski definition) is 2. The Balaban J connectivity index is -0.00000162. The first kappa shape index (κ1) is 25.7. The first-order valence-electron chi connectivity index (χ1n) is 6.40. The maximum Gasteiger partial charge on any atom is 0.401 e. The molecule has 0 unspecified atom stereocenters. The molecule has 0 saturated carbocycles. The second-order valence-corrected chi connectivity index (χ2v) is 5.23. The predicted octanol–water partition coefficient (Wildman–Crippen LogP) is 2.20. The molecule has 0 fully saturated rings. The van der Waals surface area contributed by atoms with E-state index in [0.29, 0.717) is 25.3 Å².